The number of nitrogens with two attached hydrogens (primary N) is 1. The first-order valence-electron chi connectivity index (χ1n) is 7.89. The monoisotopic (exact) mass is 350 g/mol. The van der Waals surface area contributed by atoms with Gasteiger partial charge in [-0.2, -0.15) is 10.2 Å². The highest BCUT2D eigenvalue weighted by Crippen LogP contribution is 2.10. The Labute approximate surface area is 146 Å². The number of hydrogen-bond donors (Lipinski definition) is 4. The smallest absolute Gasteiger partial charge is 0.302 e. The molecule has 0 aliphatic rings. The molecule has 0 fully saturated rings. The van der Waals surface area contributed by atoms with Crippen molar-refractivity contribution < 1.29 is 14.3 Å². The largest absolute Gasteiger partial charge is 0.466 e. The number of rotatable bonds is 5. The number of esters is 1. The number of nitrogens with one attached hydrogen (secondary N) is 3. The normalized spacial score (nSPS) is 10.0. The van der Waals surface area contributed by atoms with E-state index in [1.54, 1.807) is 0 Å². The summed E-state index contributed by atoms with van der Waals surface area (Å²) in [5.74, 6) is 4.52. The second kappa shape index (κ2) is 9.58. The van der Waals surface area contributed by atoms with Crippen molar-refractivity contribution >= 4 is 11.9 Å². The molecule has 2 aromatic heterocycles. The van der Waals surface area contributed by atoms with Gasteiger partial charge >= 0.3 is 5.97 Å². The Hall–Kier alpha value is -2.68. The summed E-state index contributed by atoms with van der Waals surface area (Å²) in [6, 6.07) is 0. The van der Waals surface area contributed by atoms with Crippen LogP contribution in [0.1, 0.15) is 40.8 Å². The maximum atomic E-state index is 10.9. The topological polar surface area (TPSA) is 139 Å². The second-order valence-electron chi connectivity index (χ2n) is 5.66. The number of ether oxygens (including phenoxy) is 1. The predicted molar refractivity (Wildman–Crippen MR) is 92.5 cm³/mol. The van der Waals surface area contributed by atoms with Gasteiger partial charge in [0.25, 0.3) is 0 Å². The van der Waals surface area contributed by atoms with Crippen molar-refractivity contribution in [2.24, 2.45) is 5.84 Å². The fourth-order valence-corrected chi connectivity index (χ4v) is 2.29. The van der Waals surface area contributed by atoms with Gasteiger partial charge in [0.15, 0.2) is 0 Å². The molecule has 0 unspecified atom stereocenters. The number of nitrogens with zero attached hydrogens (tertiary/aromatic N) is 2. The highest BCUT2D eigenvalue weighted by molar-refractivity contribution is 5.78. The summed E-state index contributed by atoms with van der Waals surface area (Å²) in [6.45, 7) is 9.46. The molecular formula is C16H26N6O3. The number of carbonyl (C=O) groups excluding carboxylic acids is 2. The molecule has 2 heterocycles. The SMILES string of the molecule is CC(=O)OCCc1c(C)n[nH]c1C.Cc1n[nH]c(C)c1CC(=O)NN. The molecule has 25 heavy (non-hydrogen) atoms. The number of aromatic amines is 2. The standard InChI is InChI=1S/C9H14N2O2.C7H12N4O/c1-6-9(7(2)11-10-6)4-5-13-8(3)12;1-4-6(3-7(12)9-8)5(2)11-10-4/h4-5H2,1-3H3,(H,10,11);3,8H2,1-2H3,(H,9,12)(H,10,11). The molecule has 1 amide bonds. The average Bonchev–Trinajstić information content (AvgIpc) is 3.05. The van der Waals surface area contributed by atoms with Gasteiger partial charge in [-0.05, 0) is 33.3 Å². The number of hydrazine groups is 1. The fourth-order valence-electron chi connectivity index (χ4n) is 2.29. The third-order valence-electron chi connectivity index (χ3n) is 3.72. The number of H-pyrrole nitrogens is 2. The van der Waals surface area contributed by atoms with E-state index < -0.39 is 0 Å². The number of carbonyl (C=O) groups is 2. The van der Waals surface area contributed by atoms with Gasteiger partial charge in [-0.3, -0.25) is 25.2 Å². The first kappa shape index (κ1) is 20.4. The summed E-state index contributed by atoms with van der Waals surface area (Å²) in [5, 5.41) is 13.7. The second-order valence-corrected chi connectivity index (χ2v) is 5.66. The van der Waals surface area contributed by atoms with Crippen LogP contribution in [0.2, 0.25) is 0 Å². The van der Waals surface area contributed by atoms with Crippen molar-refractivity contribution in [3.8, 4) is 0 Å². The molecule has 2 rings (SSSR count). The minimum atomic E-state index is -0.237. The summed E-state index contributed by atoms with van der Waals surface area (Å²) in [6.07, 6.45) is 1.01. The minimum absolute atomic E-state index is 0.206. The van der Waals surface area contributed by atoms with Crippen LogP contribution in [0.4, 0.5) is 0 Å². The van der Waals surface area contributed by atoms with Crippen LogP contribution in [-0.2, 0) is 27.2 Å². The molecular weight excluding hydrogens is 324 g/mol. The van der Waals surface area contributed by atoms with E-state index in [2.05, 4.69) is 25.8 Å². The zero-order valence-electron chi connectivity index (χ0n) is 15.3. The molecule has 5 N–H and O–H groups in total. The van der Waals surface area contributed by atoms with Crippen LogP contribution in [0.5, 0.6) is 0 Å². The lowest BCUT2D eigenvalue weighted by Gasteiger charge is -2.01. The van der Waals surface area contributed by atoms with E-state index in [0.29, 0.717) is 6.61 Å². The number of hydrogen-bond acceptors (Lipinski definition) is 6. The number of aromatic nitrogens is 4. The summed E-state index contributed by atoms with van der Waals surface area (Å²) < 4.78 is 4.84. The van der Waals surface area contributed by atoms with E-state index in [4.69, 9.17) is 10.6 Å². The van der Waals surface area contributed by atoms with Crippen LogP contribution in [0.25, 0.3) is 0 Å². The van der Waals surface area contributed by atoms with Crippen LogP contribution in [0.3, 0.4) is 0 Å². The first-order valence-corrected chi connectivity index (χ1v) is 7.89. The van der Waals surface area contributed by atoms with Gasteiger partial charge < -0.3 is 4.74 Å². The molecule has 9 nitrogen and oxygen atoms in total. The van der Waals surface area contributed by atoms with Crippen molar-refractivity contribution in [1.82, 2.24) is 25.8 Å². The lowest BCUT2D eigenvalue weighted by Crippen LogP contribution is -2.31. The Kier molecular flexibility index (Phi) is 7.80. The summed E-state index contributed by atoms with van der Waals surface area (Å²) in [4.78, 5) is 21.4. The van der Waals surface area contributed by atoms with Crippen molar-refractivity contribution in [3.05, 3.63) is 33.9 Å². The van der Waals surface area contributed by atoms with Crippen molar-refractivity contribution in [1.29, 1.82) is 0 Å². The Morgan fingerprint density at radius 2 is 1.56 bits per heavy atom. The van der Waals surface area contributed by atoms with E-state index in [0.717, 1.165) is 40.3 Å². The molecule has 0 atom stereocenters. The average molecular weight is 350 g/mol. The molecule has 9 heteroatoms. The molecule has 0 saturated heterocycles. The van der Waals surface area contributed by atoms with Crippen LogP contribution in [-0.4, -0.2) is 38.9 Å². The third-order valence-corrected chi connectivity index (χ3v) is 3.72. The molecule has 0 aliphatic heterocycles. The maximum Gasteiger partial charge on any atom is 0.302 e. The van der Waals surface area contributed by atoms with E-state index in [9.17, 15) is 9.59 Å². The van der Waals surface area contributed by atoms with E-state index in [-0.39, 0.29) is 18.3 Å². The van der Waals surface area contributed by atoms with Gasteiger partial charge in [0.2, 0.25) is 5.91 Å². The van der Waals surface area contributed by atoms with E-state index in [1.807, 2.05) is 27.7 Å². The van der Waals surface area contributed by atoms with Crippen LogP contribution in [0.15, 0.2) is 0 Å². The van der Waals surface area contributed by atoms with Crippen molar-refractivity contribution in [2.45, 2.75) is 47.5 Å². The van der Waals surface area contributed by atoms with Gasteiger partial charge in [-0.25, -0.2) is 5.84 Å². The third kappa shape index (κ3) is 6.38. The van der Waals surface area contributed by atoms with Crippen LogP contribution >= 0.6 is 0 Å². The Balaban J connectivity index is 0.000000251. The zero-order chi connectivity index (χ0) is 19.0. The van der Waals surface area contributed by atoms with E-state index in [1.165, 1.54) is 6.92 Å². The summed E-state index contributed by atoms with van der Waals surface area (Å²) in [5.41, 5.74) is 7.91. The van der Waals surface area contributed by atoms with Gasteiger partial charge in [0.05, 0.1) is 24.4 Å². The number of aryl methyl sites for hydroxylation is 4. The molecule has 138 valence electrons. The summed E-state index contributed by atoms with van der Waals surface area (Å²) >= 11 is 0. The first-order chi connectivity index (χ1) is 11.8. The minimum Gasteiger partial charge on any atom is -0.466 e. The van der Waals surface area contributed by atoms with Gasteiger partial charge in [-0.15, -0.1) is 0 Å². The highest BCUT2D eigenvalue weighted by Gasteiger charge is 2.09. The van der Waals surface area contributed by atoms with Crippen molar-refractivity contribution in [2.75, 3.05) is 6.61 Å². The zero-order valence-corrected chi connectivity index (χ0v) is 15.3. The summed E-state index contributed by atoms with van der Waals surface area (Å²) in [7, 11) is 0. The fraction of sp³-hybridized carbons (Fsp3) is 0.500. The predicted octanol–water partition coefficient (Wildman–Crippen LogP) is 0.691. The molecule has 0 spiro atoms. The molecule has 0 radical (unpaired) electrons. The molecule has 0 aliphatic carbocycles. The molecule has 0 saturated carbocycles. The maximum absolute atomic E-state index is 10.9. The molecule has 0 aromatic carbocycles. The van der Waals surface area contributed by atoms with Gasteiger partial charge in [-0.1, -0.05) is 0 Å². The lowest BCUT2D eigenvalue weighted by atomic mass is 10.1. The van der Waals surface area contributed by atoms with Crippen LogP contribution in [0, 0.1) is 27.7 Å². The molecule has 2 aromatic rings. The van der Waals surface area contributed by atoms with Gasteiger partial charge in [0, 0.05) is 30.3 Å². The molecule has 0 bridgehead atoms. The van der Waals surface area contributed by atoms with Gasteiger partial charge in [0.1, 0.15) is 0 Å². The number of amides is 1. The Morgan fingerprint density at radius 3 is 1.96 bits per heavy atom. The quantitative estimate of drug-likeness (QED) is 0.271. The Morgan fingerprint density at radius 1 is 1.04 bits per heavy atom. The Bertz CT molecular complexity index is 681. The van der Waals surface area contributed by atoms with Crippen molar-refractivity contribution in [3.63, 3.8) is 0 Å². The van der Waals surface area contributed by atoms with E-state index >= 15 is 0 Å². The van der Waals surface area contributed by atoms with Crippen LogP contribution < -0.4 is 11.3 Å². The highest BCUT2D eigenvalue weighted by atomic mass is 16.5. The lowest BCUT2D eigenvalue weighted by molar-refractivity contribution is -0.140.